The number of amidine groups is 1. The highest BCUT2D eigenvalue weighted by Crippen LogP contribution is 2.28. The molecule has 0 bridgehead atoms. The molecule has 0 saturated heterocycles. The van der Waals surface area contributed by atoms with Crippen LogP contribution in [-0.4, -0.2) is 16.0 Å². The van der Waals surface area contributed by atoms with Gasteiger partial charge in [-0.05, 0) is 42.2 Å². The Labute approximate surface area is 124 Å². The third-order valence-corrected chi connectivity index (χ3v) is 3.21. The first-order chi connectivity index (χ1) is 10.0. The fraction of sp³-hybridized carbons (Fsp3) is 0.250. The van der Waals surface area contributed by atoms with Gasteiger partial charge in [0.1, 0.15) is 17.2 Å². The molecule has 3 N–H and O–H groups in total. The number of oxime groups is 1. The normalized spacial score (nSPS) is 11.7. The molecule has 0 radical (unpaired) electrons. The zero-order valence-electron chi connectivity index (χ0n) is 12.4. The van der Waals surface area contributed by atoms with Gasteiger partial charge in [-0.3, -0.25) is 0 Å². The molecule has 0 atom stereocenters. The van der Waals surface area contributed by atoms with E-state index in [4.69, 9.17) is 15.7 Å². The maximum Gasteiger partial charge on any atom is 0.188 e. The van der Waals surface area contributed by atoms with Crippen LogP contribution in [0.4, 0.5) is 0 Å². The monoisotopic (exact) mass is 285 g/mol. The van der Waals surface area contributed by atoms with E-state index in [0.717, 1.165) is 11.3 Å². The van der Waals surface area contributed by atoms with Gasteiger partial charge >= 0.3 is 0 Å². The number of ether oxygens (including phenoxy) is 1. The quantitative estimate of drug-likeness (QED) is 0.390. The van der Waals surface area contributed by atoms with Gasteiger partial charge in [0.2, 0.25) is 0 Å². The fourth-order valence-electron chi connectivity index (χ4n) is 1.86. The SMILES string of the molecule is Cc1ccc(C(C)C)cc1Oc1ccc(/C(N)=N/O)nc1. The number of aromatic nitrogens is 1. The lowest BCUT2D eigenvalue weighted by molar-refractivity contribution is 0.318. The largest absolute Gasteiger partial charge is 0.455 e. The highest BCUT2D eigenvalue weighted by atomic mass is 16.5. The van der Waals surface area contributed by atoms with E-state index >= 15 is 0 Å². The van der Waals surface area contributed by atoms with Gasteiger partial charge in [0.05, 0.1) is 6.20 Å². The van der Waals surface area contributed by atoms with E-state index < -0.39 is 0 Å². The van der Waals surface area contributed by atoms with Crippen molar-refractivity contribution in [3.05, 3.63) is 53.3 Å². The summed E-state index contributed by atoms with van der Waals surface area (Å²) in [7, 11) is 0. The van der Waals surface area contributed by atoms with E-state index in [1.54, 1.807) is 18.3 Å². The van der Waals surface area contributed by atoms with Crippen molar-refractivity contribution in [3.8, 4) is 11.5 Å². The van der Waals surface area contributed by atoms with Crippen molar-refractivity contribution in [2.75, 3.05) is 0 Å². The van der Waals surface area contributed by atoms with E-state index in [9.17, 15) is 0 Å². The van der Waals surface area contributed by atoms with Gasteiger partial charge < -0.3 is 15.7 Å². The predicted octanol–water partition coefficient (Wildman–Crippen LogP) is 3.40. The molecule has 0 aliphatic rings. The molecule has 0 unspecified atom stereocenters. The maximum absolute atomic E-state index is 8.60. The van der Waals surface area contributed by atoms with Crippen molar-refractivity contribution in [2.45, 2.75) is 26.7 Å². The van der Waals surface area contributed by atoms with Crippen LogP contribution in [0.1, 0.15) is 36.6 Å². The Morgan fingerprint density at radius 1 is 1.29 bits per heavy atom. The number of rotatable bonds is 4. The standard InChI is InChI=1S/C16H19N3O2/c1-10(2)12-5-4-11(3)15(8-12)21-13-6-7-14(18-9-13)16(17)19-20/h4-10,20H,1-3H3,(H2,17,19). The summed E-state index contributed by atoms with van der Waals surface area (Å²) in [5, 5.41) is 11.5. The zero-order chi connectivity index (χ0) is 15.4. The number of aryl methyl sites for hydroxylation is 1. The molecule has 2 aromatic rings. The van der Waals surface area contributed by atoms with E-state index in [2.05, 4.69) is 30.1 Å². The predicted molar refractivity (Wildman–Crippen MR) is 82.1 cm³/mol. The summed E-state index contributed by atoms with van der Waals surface area (Å²) in [6.45, 7) is 6.28. The molecular weight excluding hydrogens is 266 g/mol. The van der Waals surface area contributed by atoms with Gasteiger partial charge in [0.15, 0.2) is 5.84 Å². The van der Waals surface area contributed by atoms with Crippen LogP contribution in [0.5, 0.6) is 11.5 Å². The highest BCUT2D eigenvalue weighted by Gasteiger charge is 2.07. The molecule has 5 nitrogen and oxygen atoms in total. The first-order valence-electron chi connectivity index (χ1n) is 6.73. The van der Waals surface area contributed by atoms with Gasteiger partial charge in [0, 0.05) is 0 Å². The van der Waals surface area contributed by atoms with Crippen molar-refractivity contribution in [3.63, 3.8) is 0 Å². The summed E-state index contributed by atoms with van der Waals surface area (Å²) in [5.74, 6) is 1.82. The van der Waals surface area contributed by atoms with E-state index in [-0.39, 0.29) is 5.84 Å². The minimum atomic E-state index is -0.0282. The minimum Gasteiger partial charge on any atom is -0.455 e. The van der Waals surface area contributed by atoms with Crippen molar-refractivity contribution in [1.29, 1.82) is 0 Å². The summed E-state index contributed by atoms with van der Waals surface area (Å²) in [5.41, 5.74) is 8.15. The Kier molecular flexibility index (Phi) is 4.42. The van der Waals surface area contributed by atoms with Crippen LogP contribution in [0.2, 0.25) is 0 Å². The molecule has 0 aliphatic heterocycles. The number of hydrogen-bond acceptors (Lipinski definition) is 4. The van der Waals surface area contributed by atoms with Crippen molar-refractivity contribution >= 4 is 5.84 Å². The van der Waals surface area contributed by atoms with E-state index in [1.807, 2.05) is 19.1 Å². The Morgan fingerprint density at radius 3 is 2.62 bits per heavy atom. The molecule has 0 spiro atoms. The van der Waals surface area contributed by atoms with E-state index in [1.165, 1.54) is 5.56 Å². The molecule has 0 aliphatic carbocycles. The number of nitrogens with zero attached hydrogens (tertiary/aromatic N) is 2. The lowest BCUT2D eigenvalue weighted by atomic mass is 10.0. The van der Waals surface area contributed by atoms with Crippen LogP contribution >= 0.6 is 0 Å². The second-order valence-corrected chi connectivity index (χ2v) is 5.15. The molecule has 1 aromatic heterocycles. The molecule has 110 valence electrons. The van der Waals surface area contributed by atoms with Crippen LogP contribution in [0, 0.1) is 6.92 Å². The molecule has 0 amide bonds. The van der Waals surface area contributed by atoms with Gasteiger partial charge in [-0.25, -0.2) is 4.98 Å². The Bertz CT molecular complexity index is 649. The van der Waals surface area contributed by atoms with Crippen LogP contribution in [0.3, 0.4) is 0 Å². The van der Waals surface area contributed by atoms with Crippen LogP contribution in [0.25, 0.3) is 0 Å². The summed E-state index contributed by atoms with van der Waals surface area (Å²) < 4.78 is 5.86. The Morgan fingerprint density at radius 2 is 2.05 bits per heavy atom. The second kappa shape index (κ2) is 6.26. The van der Waals surface area contributed by atoms with E-state index in [0.29, 0.717) is 17.4 Å². The molecule has 5 heteroatoms. The highest BCUT2D eigenvalue weighted by molar-refractivity contribution is 5.95. The number of hydrogen-bond donors (Lipinski definition) is 2. The minimum absolute atomic E-state index is 0.0282. The van der Waals surface area contributed by atoms with Gasteiger partial charge in [0.25, 0.3) is 0 Å². The van der Waals surface area contributed by atoms with Crippen molar-refractivity contribution in [1.82, 2.24) is 4.98 Å². The molecular formula is C16H19N3O2. The topological polar surface area (TPSA) is 80.7 Å². The molecule has 2 rings (SSSR count). The lowest BCUT2D eigenvalue weighted by Crippen LogP contribution is -2.14. The zero-order valence-corrected chi connectivity index (χ0v) is 12.4. The van der Waals surface area contributed by atoms with Crippen LogP contribution < -0.4 is 10.5 Å². The molecule has 21 heavy (non-hydrogen) atoms. The molecule has 1 heterocycles. The van der Waals surface area contributed by atoms with Crippen molar-refractivity contribution < 1.29 is 9.94 Å². The second-order valence-electron chi connectivity index (χ2n) is 5.15. The van der Waals surface area contributed by atoms with Crippen LogP contribution in [-0.2, 0) is 0 Å². The molecule has 0 saturated carbocycles. The Balaban J connectivity index is 2.24. The first kappa shape index (κ1) is 14.8. The third-order valence-electron chi connectivity index (χ3n) is 3.21. The Hall–Kier alpha value is -2.56. The smallest absolute Gasteiger partial charge is 0.188 e. The lowest BCUT2D eigenvalue weighted by Gasteiger charge is -2.12. The van der Waals surface area contributed by atoms with Gasteiger partial charge in [-0.15, -0.1) is 0 Å². The summed E-state index contributed by atoms with van der Waals surface area (Å²) in [4.78, 5) is 4.09. The van der Waals surface area contributed by atoms with Gasteiger partial charge in [-0.1, -0.05) is 31.1 Å². The average Bonchev–Trinajstić information content (AvgIpc) is 2.49. The van der Waals surface area contributed by atoms with Crippen LogP contribution in [0.15, 0.2) is 41.7 Å². The van der Waals surface area contributed by atoms with Crippen molar-refractivity contribution in [2.24, 2.45) is 10.9 Å². The maximum atomic E-state index is 8.60. The number of pyridine rings is 1. The van der Waals surface area contributed by atoms with Gasteiger partial charge in [-0.2, -0.15) is 0 Å². The summed E-state index contributed by atoms with van der Waals surface area (Å²) >= 11 is 0. The molecule has 0 fully saturated rings. The first-order valence-corrected chi connectivity index (χ1v) is 6.73. The summed E-state index contributed by atoms with van der Waals surface area (Å²) in [6, 6.07) is 9.57. The number of nitrogens with two attached hydrogens (primary N) is 1. The fourth-order valence-corrected chi connectivity index (χ4v) is 1.86. The number of benzene rings is 1. The average molecular weight is 285 g/mol. The summed E-state index contributed by atoms with van der Waals surface area (Å²) in [6.07, 6.45) is 1.55. The third kappa shape index (κ3) is 3.51. The molecule has 1 aromatic carbocycles.